The second-order valence-electron chi connectivity index (χ2n) is 4.86. The van der Waals surface area contributed by atoms with Crippen molar-refractivity contribution in [3.8, 4) is 11.5 Å². The summed E-state index contributed by atoms with van der Waals surface area (Å²) in [5.41, 5.74) is 1.35. The van der Waals surface area contributed by atoms with E-state index in [2.05, 4.69) is 29.6 Å². The van der Waals surface area contributed by atoms with Crippen LogP contribution in [0.2, 0.25) is 0 Å². The Kier molecular flexibility index (Phi) is 6.62. The first-order valence-corrected chi connectivity index (χ1v) is 7.42. The van der Waals surface area contributed by atoms with Crippen LogP contribution in [0.1, 0.15) is 12.0 Å². The highest BCUT2D eigenvalue weighted by molar-refractivity contribution is 5.32. The lowest BCUT2D eigenvalue weighted by molar-refractivity contribution is 0.299. The van der Waals surface area contributed by atoms with Gasteiger partial charge in [0.15, 0.2) is 0 Å². The molecule has 0 radical (unpaired) electrons. The summed E-state index contributed by atoms with van der Waals surface area (Å²) < 4.78 is 11.4. The first kappa shape index (κ1) is 15.4. The van der Waals surface area contributed by atoms with Gasteiger partial charge in [0.2, 0.25) is 0 Å². The van der Waals surface area contributed by atoms with Gasteiger partial charge >= 0.3 is 0 Å². The van der Waals surface area contributed by atoms with Crippen LogP contribution < -0.4 is 14.8 Å². The maximum atomic E-state index is 5.78. The molecule has 0 bridgehead atoms. The quantitative estimate of drug-likeness (QED) is 0.717. The number of hydrogen-bond donors (Lipinski definition) is 1. The Morgan fingerprint density at radius 1 is 0.857 bits per heavy atom. The molecule has 0 atom stereocenters. The topological polar surface area (TPSA) is 30.5 Å². The van der Waals surface area contributed by atoms with Crippen molar-refractivity contribution in [1.82, 2.24) is 5.32 Å². The van der Waals surface area contributed by atoms with Gasteiger partial charge in [0, 0.05) is 12.6 Å². The number of rotatable bonds is 9. The van der Waals surface area contributed by atoms with E-state index in [1.807, 2.05) is 37.4 Å². The van der Waals surface area contributed by atoms with E-state index in [9.17, 15) is 0 Å². The molecule has 0 saturated heterocycles. The molecule has 0 saturated carbocycles. The zero-order valence-electron chi connectivity index (χ0n) is 12.5. The van der Waals surface area contributed by atoms with Crippen molar-refractivity contribution in [3.63, 3.8) is 0 Å². The maximum Gasteiger partial charge on any atom is 0.123 e. The average molecular weight is 285 g/mol. The third-order valence-electron chi connectivity index (χ3n) is 3.15. The van der Waals surface area contributed by atoms with Crippen LogP contribution in [0.25, 0.3) is 0 Å². The van der Waals surface area contributed by atoms with Gasteiger partial charge in [0.1, 0.15) is 18.1 Å². The molecule has 1 N–H and O–H groups in total. The Morgan fingerprint density at radius 3 is 2.29 bits per heavy atom. The van der Waals surface area contributed by atoms with Gasteiger partial charge in [0.25, 0.3) is 0 Å². The maximum absolute atomic E-state index is 5.78. The van der Waals surface area contributed by atoms with Crippen molar-refractivity contribution in [2.75, 3.05) is 26.8 Å². The van der Waals surface area contributed by atoms with E-state index in [1.54, 1.807) is 0 Å². The van der Waals surface area contributed by atoms with Crippen LogP contribution in [0, 0.1) is 0 Å². The van der Waals surface area contributed by atoms with Gasteiger partial charge in [-0.15, -0.1) is 0 Å². The molecule has 0 heterocycles. The molecule has 3 heteroatoms. The lowest BCUT2D eigenvalue weighted by Crippen LogP contribution is -2.15. The predicted octanol–water partition coefficient (Wildman–Crippen LogP) is 3.30. The Labute approximate surface area is 126 Å². The predicted molar refractivity (Wildman–Crippen MR) is 86.1 cm³/mol. The zero-order chi connectivity index (χ0) is 14.8. The Bertz CT molecular complexity index is 514. The van der Waals surface area contributed by atoms with Gasteiger partial charge in [-0.05, 0) is 37.6 Å². The van der Waals surface area contributed by atoms with Gasteiger partial charge in [-0.2, -0.15) is 0 Å². The third-order valence-corrected chi connectivity index (χ3v) is 3.15. The number of aryl methyl sites for hydroxylation is 1. The average Bonchev–Trinajstić information content (AvgIpc) is 2.53. The van der Waals surface area contributed by atoms with E-state index in [4.69, 9.17) is 9.47 Å². The van der Waals surface area contributed by atoms with Gasteiger partial charge in [-0.3, -0.25) is 0 Å². The third kappa shape index (κ3) is 5.88. The van der Waals surface area contributed by atoms with Crippen LogP contribution in [-0.4, -0.2) is 26.8 Å². The smallest absolute Gasteiger partial charge is 0.123 e. The van der Waals surface area contributed by atoms with E-state index < -0.39 is 0 Å². The van der Waals surface area contributed by atoms with E-state index in [-0.39, 0.29) is 0 Å². The minimum absolute atomic E-state index is 0.661. The van der Waals surface area contributed by atoms with Crippen molar-refractivity contribution < 1.29 is 9.47 Å². The largest absolute Gasteiger partial charge is 0.493 e. The number of ether oxygens (including phenoxy) is 2. The summed E-state index contributed by atoms with van der Waals surface area (Å²) >= 11 is 0. The molecular weight excluding hydrogens is 262 g/mol. The molecule has 112 valence electrons. The van der Waals surface area contributed by atoms with Gasteiger partial charge in [0.05, 0.1) is 6.61 Å². The van der Waals surface area contributed by atoms with E-state index >= 15 is 0 Å². The second kappa shape index (κ2) is 9.03. The molecule has 2 aromatic rings. The van der Waals surface area contributed by atoms with Crippen molar-refractivity contribution in [1.29, 1.82) is 0 Å². The molecule has 21 heavy (non-hydrogen) atoms. The molecule has 0 amide bonds. The van der Waals surface area contributed by atoms with Gasteiger partial charge < -0.3 is 14.8 Å². The van der Waals surface area contributed by atoms with Crippen molar-refractivity contribution >= 4 is 0 Å². The number of benzene rings is 2. The van der Waals surface area contributed by atoms with Crippen molar-refractivity contribution in [3.05, 3.63) is 60.2 Å². The summed E-state index contributed by atoms with van der Waals surface area (Å²) in [7, 11) is 1.91. The Morgan fingerprint density at radius 2 is 1.57 bits per heavy atom. The van der Waals surface area contributed by atoms with Crippen LogP contribution in [-0.2, 0) is 6.42 Å². The lowest BCUT2D eigenvalue weighted by atomic mass is 10.1. The fourth-order valence-corrected chi connectivity index (χ4v) is 2.04. The molecule has 0 fully saturated rings. The zero-order valence-corrected chi connectivity index (χ0v) is 12.5. The highest BCUT2D eigenvalue weighted by Crippen LogP contribution is 2.19. The molecule has 0 aliphatic heterocycles. The van der Waals surface area contributed by atoms with E-state index in [0.29, 0.717) is 6.61 Å². The van der Waals surface area contributed by atoms with E-state index in [1.165, 1.54) is 5.56 Å². The fourth-order valence-electron chi connectivity index (χ4n) is 2.04. The minimum atomic E-state index is 0.661. The van der Waals surface area contributed by atoms with Crippen LogP contribution in [0.3, 0.4) is 0 Å². The molecule has 0 spiro atoms. The first-order valence-electron chi connectivity index (χ1n) is 7.42. The SMILES string of the molecule is CNCCOc1cccc(OCCCc2ccccc2)c1. The molecule has 0 unspecified atom stereocenters. The summed E-state index contributed by atoms with van der Waals surface area (Å²) in [6, 6.07) is 18.3. The summed E-state index contributed by atoms with van der Waals surface area (Å²) in [4.78, 5) is 0. The fraction of sp³-hybridized carbons (Fsp3) is 0.333. The number of nitrogens with one attached hydrogen (secondary N) is 1. The first-order chi connectivity index (χ1) is 10.4. The van der Waals surface area contributed by atoms with Gasteiger partial charge in [-0.25, -0.2) is 0 Å². The molecule has 0 aliphatic rings. The summed E-state index contributed by atoms with van der Waals surface area (Å²) in [5, 5.41) is 3.05. The van der Waals surface area contributed by atoms with E-state index in [0.717, 1.165) is 37.5 Å². The Balaban J connectivity index is 1.71. The van der Waals surface area contributed by atoms with Crippen LogP contribution in [0.5, 0.6) is 11.5 Å². The minimum Gasteiger partial charge on any atom is -0.493 e. The summed E-state index contributed by atoms with van der Waals surface area (Å²) in [5.74, 6) is 1.72. The molecule has 0 aromatic heterocycles. The highest BCUT2D eigenvalue weighted by Gasteiger charge is 1.98. The van der Waals surface area contributed by atoms with Crippen LogP contribution in [0.15, 0.2) is 54.6 Å². The molecule has 3 nitrogen and oxygen atoms in total. The van der Waals surface area contributed by atoms with Crippen LogP contribution >= 0.6 is 0 Å². The lowest BCUT2D eigenvalue weighted by Gasteiger charge is -2.09. The van der Waals surface area contributed by atoms with Crippen LogP contribution in [0.4, 0.5) is 0 Å². The molecule has 2 aromatic carbocycles. The van der Waals surface area contributed by atoms with Crippen molar-refractivity contribution in [2.24, 2.45) is 0 Å². The highest BCUT2D eigenvalue weighted by atomic mass is 16.5. The molecule has 2 rings (SSSR count). The summed E-state index contributed by atoms with van der Waals surface area (Å²) in [6.07, 6.45) is 2.05. The van der Waals surface area contributed by atoms with Gasteiger partial charge in [-0.1, -0.05) is 36.4 Å². The molecular formula is C18H23NO2. The van der Waals surface area contributed by atoms with Crippen molar-refractivity contribution in [2.45, 2.75) is 12.8 Å². The molecule has 0 aliphatic carbocycles. The number of hydrogen-bond acceptors (Lipinski definition) is 3. The second-order valence-corrected chi connectivity index (χ2v) is 4.86. The number of likely N-dealkylation sites (N-methyl/N-ethyl adjacent to an activating group) is 1. The Hall–Kier alpha value is -2.00. The normalized spacial score (nSPS) is 10.3. The summed E-state index contributed by atoms with van der Waals surface area (Å²) in [6.45, 7) is 2.21. The standard InChI is InChI=1S/C18H23NO2/c1-19-12-14-21-18-11-5-10-17(15-18)20-13-6-9-16-7-3-2-4-8-16/h2-5,7-8,10-11,15,19H,6,9,12-14H2,1H3. The monoisotopic (exact) mass is 285 g/mol.